The third kappa shape index (κ3) is 20.4. The van der Waals surface area contributed by atoms with Gasteiger partial charge in [0.25, 0.3) is 0 Å². The number of carbonyl (C=O) groups is 2. The lowest BCUT2D eigenvalue weighted by molar-refractivity contribution is -0.893. The molecular formula is C25H51N2O4+. The van der Waals surface area contributed by atoms with Gasteiger partial charge in [0.2, 0.25) is 0 Å². The molecule has 0 radical (unpaired) electrons. The topological polar surface area (TPSA) is 75.6 Å². The Morgan fingerprint density at radius 3 is 1.84 bits per heavy atom. The maximum atomic E-state index is 11.9. The van der Waals surface area contributed by atoms with E-state index in [1.54, 1.807) is 0 Å². The van der Waals surface area contributed by atoms with Crippen molar-refractivity contribution in [3.05, 3.63) is 0 Å². The molecule has 0 aromatic rings. The van der Waals surface area contributed by atoms with Gasteiger partial charge in [0.15, 0.2) is 6.10 Å². The van der Waals surface area contributed by atoms with Crippen LogP contribution in [0.15, 0.2) is 0 Å². The fraction of sp³-hybridized carbons (Fsp3) is 0.920. The Kier molecular flexibility index (Phi) is 18.6. The van der Waals surface area contributed by atoms with Gasteiger partial charge in [-0.3, -0.25) is 4.79 Å². The summed E-state index contributed by atoms with van der Waals surface area (Å²) in [5.41, 5.74) is 0. The van der Waals surface area contributed by atoms with Gasteiger partial charge in [-0.1, -0.05) is 77.6 Å². The molecule has 0 aromatic heterocycles. The number of hydrogen-bond donors (Lipinski definition) is 2. The Balaban J connectivity index is 4.09. The van der Waals surface area contributed by atoms with E-state index in [1.807, 2.05) is 6.92 Å². The highest BCUT2D eigenvalue weighted by molar-refractivity contribution is 5.67. The average Bonchev–Trinajstić information content (AvgIpc) is 2.68. The Morgan fingerprint density at radius 1 is 0.839 bits per heavy atom. The summed E-state index contributed by atoms with van der Waals surface area (Å²) in [4.78, 5) is 22.7. The number of ether oxygens (including phenoxy) is 1. The first-order chi connectivity index (χ1) is 14.8. The molecule has 0 saturated carbocycles. The number of amides is 1. The number of carboxylic acid groups (broad SMARTS) is 1. The summed E-state index contributed by atoms with van der Waals surface area (Å²) in [6, 6.07) is 0. The molecule has 0 bridgehead atoms. The van der Waals surface area contributed by atoms with Crippen molar-refractivity contribution in [2.75, 3.05) is 33.7 Å². The maximum Gasteiger partial charge on any atom is 0.407 e. The van der Waals surface area contributed by atoms with Crippen LogP contribution in [-0.4, -0.2) is 61.5 Å². The van der Waals surface area contributed by atoms with Gasteiger partial charge in [0.1, 0.15) is 6.54 Å². The van der Waals surface area contributed by atoms with Gasteiger partial charge in [-0.2, -0.15) is 0 Å². The van der Waals surface area contributed by atoms with Gasteiger partial charge in [0.05, 0.1) is 27.1 Å². The highest BCUT2D eigenvalue weighted by Gasteiger charge is 2.25. The summed E-state index contributed by atoms with van der Waals surface area (Å²) in [6.07, 6.45) is 16.9. The quantitative estimate of drug-likeness (QED) is 0.165. The SMILES string of the molecule is CCCCCCCCCCCCCCC(C[N+](C)(C)CCCC(=O)O)OC(=O)NCC. The summed E-state index contributed by atoms with van der Waals surface area (Å²) in [6.45, 7) is 6.18. The van der Waals surface area contributed by atoms with Crippen LogP contribution in [0.1, 0.15) is 110 Å². The largest absolute Gasteiger partial charge is 0.481 e. The van der Waals surface area contributed by atoms with Crippen molar-refractivity contribution in [3.63, 3.8) is 0 Å². The molecule has 6 nitrogen and oxygen atoms in total. The van der Waals surface area contributed by atoms with Crippen LogP contribution in [0.5, 0.6) is 0 Å². The maximum absolute atomic E-state index is 11.9. The summed E-state index contributed by atoms with van der Waals surface area (Å²) in [5.74, 6) is -0.758. The minimum atomic E-state index is -0.758. The van der Waals surface area contributed by atoms with Crippen LogP contribution in [0.2, 0.25) is 0 Å². The molecule has 1 amide bonds. The molecule has 2 N–H and O–H groups in total. The van der Waals surface area contributed by atoms with E-state index in [0.717, 1.165) is 25.9 Å². The Bertz CT molecular complexity index is 455. The lowest BCUT2D eigenvalue weighted by atomic mass is 10.0. The number of aliphatic carboxylic acids is 1. The van der Waals surface area contributed by atoms with Gasteiger partial charge >= 0.3 is 12.1 Å². The van der Waals surface area contributed by atoms with E-state index in [4.69, 9.17) is 9.84 Å². The third-order valence-corrected chi connectivity index (χ3v) is 5.83. The Hall–Kier alpha value is -1.30. The smallest absolute Gasteiger partial charge is 0.407 e. The molecule has 0 aliphatic carbocycles. The van der Waals surface area contributed by atoms with Crippen LogP contribution in [0, 0.1) is 0 Å². The Morgan fingerprint density at radius 2 is 1.35 bits per heavy atom. The fourth-order valence-corrected chi connectivity index (χ4v) is 4.04. The number of likely N-dealkylation sites (N-methyl/N-ethyl adjacent to an activating group) is 1. The minimum absolute atomic E-state index is 0.130. The number of nitrogens with zero attached hydrogens (tertiary/aromatic N) is 1. The van der Waals surface area contributed by atoms with E-state index in [-0.39, 0.29) is 18.6 Å². The van der Waals surface area contributed by atoms with E-state index >= 15 is 0 Å². The predicted octanol–water partition coefficient (Wildman–Crippen LogP) is 6.13. The average molecular weight is 444 g/mol. The van der Waals surface area contributed by atoms with Crippen molar-refractivity contribution < 1.29 is 23.9 Å². The van der Waals surface area contributed by atoms with Gasteiger partial charge < -0.3 is 19.6 Å². The number of quaternary nitrogens is 1. The number of carboxylic acids is 1. The second-order valence-corrected chi connectivity index (χ2v) is 9.57. The molecule has 0 spiro atoms. The van der Waals surface area contributed by atoms with Crippen molar-refractivity contribution in [2.24, 2.45) is 0 Å². The second kappa shape index (κ2) is 19.4. The highest BCUT2D eigenvalue weighted by atomic mass is 16.6. The molecular weight excluding hydrogens is 392 g/mol. The van der Waals surface area contributed by atoms with Crippen LogP contribution in [0.25, 0.3) is 0 Å². The zero-order valence-electron chi connectivity index (χ0n) is 20.9. The minimum Gasteiger partial charge on any atom is -0.481 e. The Labute approximate surface area is 191 Å². The molecule has 0 fully saturated rings. The normalized spacial score (nSPS) is 12.5. The van der Waals surface area contributed by atoms with Gasteiger partial charge in [0, 0.05) is 13.0 Å². The van der Waals surface area contributed by atoms with Crippen molar-refractivity contribution in [1.29, 1.82) is 0 Å². The first-order valence-corrected chi connectivity index (χ1v) is 12.8. The van der Waals surface area contributed by atoms with Gasteiger partial charge in [-0.25, -0.2) is 4.79 Å². The fourth-order valence-electron chi connectivity index (χ4n) is 4.04. The highest BCUT2D eigenvalue weighted by Crippen LogP contribution is 2.16. The van der Waals surface area contributed by atoms with Crippen LogP contribution >= 0.6 is 0 Å². The lowest BCUT2D eigenvalue weighted by Crippen LogP contribution is -2.48. The summed E-state index contributed by atoms with van der Waals surface area (Å²) in [5, 5.41) is 11.6. The van der Waals surface area contributed by atoms with Crippen LogP contribution in [0.3, 0.4) is 0 Å². The molecule has 0 rings (SSSR count). The van der Waals surface area contributed by atoms with Gasteiger partial charge in [-0.15, -0.1) is 0 Å². The number of rotatable bonds is 21. The first-order valence-electron chi connectivity index (χ1n) is 12.8. The molecule has 31 heavy (non-hydrogen) atoms. The van der Waals surface area contributed by atoms with Crippen LogP contribution in [0.4, 0.5) is 4.79 Å². The zero-order chi connectivity index (χ0) is 23.4. The van der Waals surface area contributed by atoms with Crippen molar-refractivity contribution in [1.82, 2.24) is 5.32 Å². The van der Waals surface area contributed by atoms with E-state index in [9.17, 15) is 9.59 Å². The van der Waals surface area contributed by atoms with E-state index in [1.165, 1.54) is 70.6 Å². The van der Waals surface area contributed by atoms with Gasteiger partial charge in [-0.05, 0) is 19.8 Å². The van der Waals surface area contributed by atoms with Crippen molar-refractivity contribution in [2.45, 2.75) is 116 Å². The van der Waals surface area contributed by atoms with E-state index in [2.05, 4.69) is 26.3 Å². The number of unbranched alkanes of at least 4 members (excludes halogenated alkanes) is 11. The molecule has 0 heterocycles. The van der Waals surface area contributed by atoms with Crippen LogP contribution in [-0.2, 0) is 9.53 Å². The third-order valence-electron chi connectivity index (χ3n) is 5.83. The molecule has 1 unspecified atom stereocenters. The summed E-state index contributed by atoms with van der Waals surface area (Å²) in [7, 11) is 4.16. The first kappa shape index (κ1) is 29.7. The molecule has 184 valence electrons. The summed E-state index contributed by atoms with van der Waals surface area (Å²) >= 11 is 0. The molecule has 0 aliphatic rings. The molecule has 0 aromatic carbocycles. The number of hydrogen-bond acceptors (Lipinski definition) is 3. The number of nitrogens with one attached hydrogen (secondary N) is 1. The molecule has 0 saturated heterocycles. The van der Waals surface area contributed by atoms with Crippen molar-refractivity contribution >= 4 is 12.1 Å². The molecule has 1 atom stereocenters. The van der Waals surface area contributed by atoms with Crippen LogP contribution < -0.4 is 5.32 Å². The van der Waals surface area contributed by atoms with Crippen molar-refractivity contribution in [3.8, 4) is 0 Å². The predicted molar refractivity (Wildman–Crippen MR) is 128 cm³/mol. The lowest BCUT2D eigenvalue weighted by Gasteiger charge is -2.33. The monoisotopic (exact) mass is 443 g/mol. The summed E-state index contributed by atoms with van der Waals surface area (Å²) < 4.78 is 6.33. The zero-order valence-corrected chi connectivity index (χ0v) is 20.9. The second-order valence-electron chi connectivity index (χ2n) is 9.57. The van der Waals surface area contributed by atoms with E-state index < -0.39 is 5.97 Å². The molecule has 0 aliphatic heterocycles. The standard InChI is InChI=1S/C25H50N2O4/c1-5-7-8-9-10-11-12-13-14-15-16-17-19-23(31-25(30)26-6-2)22-27(3,4)21-18-20-24(28)29/h23H,5-22H2,1-4H3,(H-,26,28,29,30)/p+1. The van der Waals surface area contributed by atoms with E-state index in [0.29, 0.717) is 17.4 Å². The number of carbonyl (C=O) groups excluding carboxylic acids is 1. The number of alkyl carbamates (subject to hydrolysis) is 1. The molecule has 6 heteroatoms.